The first kappa shape index (κ1) is 17.7. The molecule has 6 nitrogen and oxygen atoms in total. The van der Waals surface area contributed by atoms with Gasteiger partial charge in [-0.2, -0.15) is 5.10 Å². The van der Waals surface area contributed by atoms with E-state index in [9.17, 15) is 4.79 Å². The van der Waals surface area contributed by atoms with Crippen LogP contribution in [-0.2, 0) is 19.6 Å². The van der Waals surface area contributed by atoms with E-state index in [1.807, 2.05) is 67.6 Å². The Kier molecular flexibility index (Phi) is 5.66. The standard InChI is InChI=1S/C20H22N4O2/c1-15-19(26-14-17-10-6-3-7-11-17)18(20(25)22-21)24(23-15)13-12-16-8-4-2-5-9-16/h2-11H,12-14,21H2,1H3,(H,22,25). The average molecular weight is 350 g/mol. The molecule has 3 rings (SSSR count). The van der Waals surface area contributed by atoms with E-state index in [-0.39, 0.29) is 0 Å². The number of carbonyl (C=O) groups is 1. The number of hydrogen-bond acceptors (Lipinski definition) is 4. The van der Waals surface area contributed by atoms with Crippen molar-refractivity contribution >= 4 is 5.91 Å². The smallest absolute Gasteiger partial charge is 0.287 e. The van der Waals surface area contributed by atoms with E-state index in [1.54, 1.807) is 4.68 Å². The molecule has 0 saturated carbocycles. The third-order valence-electron chi connectivity index (χ3n) is 4.10. The van der Waals surface area contributed by atoms with Gasteiger partial charge in [0.2, 0.25) is 0 Å². The van der Waals surface area contributed by atoms with Gasteiger partial charge in [0.1, 0.15) is 12.3 Å². The number of nitrogens with one attached hydrogen (secondary N) is 1. The summed E-state index contributed by atoms with van der Waals surface area (Å²) in [7, 11) is 0. The van der Waals surface area contributed by atoms with Crippen molar-refractivity contribution in [3.63, 3.8) is 0 Å². The van der Waals surface area contributed by atoms with Gasteiger partial charge in [-0.3, -0.25) is 14.9 Å². The van der Waals surface area contributed by atoms with Crippen LogP contribution in [0.15, 0.2) is 60.7 Å². The van der Waals surface area contributed by atoms with E-state index in [0.717, 1.165) is 12.0 Å². The molecule has 26 heavy (non-hydrogen) atoms. The molecule has 6 heteroatoms. The highest BCUT2D eigenvalue weighted by Crippen LogP contribution is 2.25. The number of amides is 1. The molecule has 1 amide bonds. The average Bonchev–Trinajstić information content (AvgIpc) is 3.01. The summed E-state index contributed by atoms with van der Waals surface area (Å²) in [5.41, 5.74) is 5.39. The maximum atomic E-state index is 12.3. The van der Waals surface area contributed by atoms with Gasteiger partial charge in [0.05, 0.1) is 0 Å². The molecule has 0 radical (unpaired) electrons. The molecule has 0 bridgehead atoms. The molecule has 0 saturated heterocycles. The van der Waals surface area contributed by atoms with Crippen molar-refractivity contribution in [3.05, 3.63) is 83.2 Å². The van der Waals surface area contributed by atoms with Gasteiger partial charge in [0, 0.05) is 6.54 Å². The Morgan fingerprint density at radius 1 is 1.08 bits per heavy atom. The Bertz CT molecular complexity index is 860. The van der Waals surface area contributed by atoms with E-state index in [1.165, 1.54) is 5.56 Å². The van der Waals surface area contributed by atoms with E-state index < -0.39 is 5.91 Å². The lowest BCUT2D eigenvalue weighted by Gasteiger charge is -2.10. The van der Waals surface area contributed by atoms with Crippen molar-refractivity contribution < 1.29 is 9.53 Å². The number of nitrogens with two attached hydrogens (primary N) is 1. The molecule has 1 aromatic heterocycles. The van der Waals surface area contributed by atoms with E-state index in [4.69, 9.17) is 10.6 Å². The van der Waals surface area contributed by atoms with Crippen LogP contribution in [-0.4, -0.2) is 15.7 Å². The summed E-state index contributed by atoms with van der Waals surface area (Å²) in [6.07, 6.45) is 0.755. The van der Waals surface area contributed by atoms with Gasteiger partial charge in [-0.1, -0.05) is 60.7 Å². The Hall–Kier alpha value is -3.12. The summed E-state index contributed by atoms with van der Waals surface area (Å²) in [4.78, 5) is 12.3. The Morgan fingerprint density at radius 2 is 1.69 bits per heavy atom. The van der Waals surface area contributed by atoms with Gasteiger partial charge < -0.3 is 4.74 Å². The Morgan fingerprint density at radius 3 is 2.31 bits per heavy atom. The molecular formula is C20H22N4O2. The Labute approximate surface area is 152 Å². The highest BCUT2D eigenvalue weighted by atomic mass is 16.5. The molecule has 2 aromatic carbocycles. The maximum Gasteiger partial charge on any atom is 0.287 e. The summed E-state index contributed by atoms with van der Waals surface area (Å²) in [6, 6.07) is 19.8. The van der Waals surface area contributed by atoms with E-state index >= 15 is 0 Å². The van der Waals surface area contributed by atoms with Crippen LogP contribution in [0.25, 0.3) is 0 Å². The fourth-order valence-corrected chi connectivity index (χ4v) is 2.80. The zero-order chi connectivity index (χ0) is 18.4. The fraction of sp³-hybridized carbons (Fsp3) is 0.200. The highest BCUT2D eigenvalue weighted by molar-refractivity contribution is 5.95. The molecule has 0 fully saturated rings. The summed E-state index contributed by atoms with van der Waals surface area (Å²) in [5, 5.41) is 4.48. The molecule has 0 aliphatic rings. The zero-order valence-corrected chi connectivity index (χ0v) is 14.7. The first-order valence-corrected chi connectivity index (χ1v) is 8.48. The van der Waals surface area contributed by atoms with Crippen molar-refractivity contribution in [2.24, 2.45) is 5.84 Å². The van der Waals surface area contributed by atoms with Gasteiger partial charge in [0.15, 0.2) is 11.4 Å². The minimum absolute atomic E-state index is 0.344. The quantitative estimate of drug-likeness (QED) is 0.390. The van der Waals surface area contributed by atoms with Crippen molar-refractivity contribution in [2.75, 3.05) is 0 Å². The number of ether oxygens (including phenoxy) is 1. The van der Waals surface area contributed by atoms with Crippen LogP contribution in [0.1, 0.15) is 27.3 Å². The van der Waals surface area contributed by atoms with Gasteiger partial charge in [-0.25, -0.2) is 5.84 Å². The van der Waals surface area contributed by atoms with Gasteiger partial charge in [-0.15, -0.1) is 0 Å². The SMILES string of the molecule is Cc1nn(CCc2ccccc2)c(C(=O)NN)c1OCc1ccccc1. The minimum atomic E-state index is -0.415. The molecule has 0 spiro atoms. The zero-order valence-electron chi connectivity index (χ0n) is 14.7. The maximum absolute atomic E-state index is 12.3. The predicted molar refractivity (Wildman–Crippen MR) is 99.5 cm³/mol. The van der Waals surface area contributed by atoms with Crippen molar-refractivity contribution in [2.45, 2.75) is 26.5 Å². The lowest BCUT2D eigenvalue weighted by molar-refractivity contribution is 0.0938. The van der Waals surface area contributed by atoms with Crippen LogP contribution in [0.4, 0.5) is 0 Å². The summed E-state index contributed by atoms with van der Waals surface area (Å²) >= 11 is 0. The van der Waals surface area contributed by atoms with Crippen LogP contribution in [0.2, 0.25) is 0 Å². The normalized spacial score (nSPS) is 10.5. The topological polar surface area (TPSA) is 82.2 Å². The molecular weight excluding hydrogens is 328 g/mol. The second kappa shape index (κ2) is 8.31. The summed E-state index contributed by atoms with van der Waals surface area (Å²) in [6.45, 7) is 2.74. The lowest BCUT2D eigenvalue weighted by atomic mass is 10.1. The summed E-state index contributed by atoms with van der Waals surface area (Å²) in [5.74, 6) is 5.42. The van der Waals surface area contributed by atoms with E-state index in [0.29, 0.717) is 30.3 Å². The lowest BCUT2D eigenvalue weighted by Crippen LogP contribution is -2.32. The van der Waals surface area contributed by atoms with Gasteiger partial charge >= 0.3 is 0 Å². The fourth-order valence-electron chi connectivity index (χ4n) is 2.80. The number of hydrazine groups is 1. The number of benzene rings is 2. The monoisotopic (exact) mass is 350 g/mol. The number of aryl methyl sites for hydroxylation is 3. The Balaban J connectivity index is 1.81. The second-order valence-electron chi connectivity index (χ2n) is 5.97. The van der Waals surface area contributed by atoms with Crippen LogP contribution >= 0.6 is 0 Å². The molecule has 134 valence electrons. The van der Waals surface area contributed by atoms with E-state index in [2.05, 4.69) is 10.5 Å². The molecule has 1 heterocycles. The number of aromatic nitrogens is 2. The first-order valence-electron chi connectivity index (χ1n) is 8.48. The van der Waals surface area contributed by atoms with Gasteiger partial charge in [-0.05, 0) is 24.5 Å². The number of carbonyl (C=O) groups excluding carboxylic acids is 1. The molecule has 3 aromatic rings. The molecule has 0 aliphatic carbocycles. The van der Waals surface area contributed by atoms with Crippen LogP contribution in [0.3, 0.4) is 0 Å². The van der Waals surface area contributed by atoms with Crippen molar-refractivity contribution in [3.8, 4) is 5.75 Å². The molecule has 0 aliphatic heterocycles. The largest absolute Gasteiger partial charge is 0.484 e. The van der Waals surface area contributed by atoms with Gasteiger partial charge in [0.25, 0.3) is 5.91 Å². The minimum Gasteiger partial charge on any atom is -0.484 e. The molecule has 3 N–H and O–H groups in total. The van der Waals surface area contributed by atoms with Crippen molar-refractivity contribution in [1.29, 1.82) is 0 Å². The van der Waals surface area contributed by atoms with Crippen LogP contribution in [0.5, 0.6) is 5.75 Å². The predicted octanol–water partition coefficient (Wildman–Crippen LogP) is 2.62. The van der Waals surface area contributed by atoms with Crippen LogP contribution < -0.4 is 16.0 Å². The number of hydrogen-bond donors (Lipinski definition) is 2. The second-order valence-corrected chi connectivity index (χ2v) is 5.97. The van der Waals surface area contributed by atoms with Crippen LogP contribution in [0, 0.1) is 6.92 Å². The third kappa shape index (κ3) is 4.10. The number of rotatable bonds is 7. The first-order chi connectivity index (χ1) is 12.7. The summed E-state index contributed by atoms with van der Waals surface area (Å²) < 4.78 is 7.57. The molecule has 0 unspecified atom stereocenters. The molecule has 0 atom stereocenters. The van der Waals surface area contributed by atoms with Crippen molar-refractivity contribution in [1.82, 2.24) is 15.2 Å². The third-order valence-corrected chi connectivity index (χ3v) is 4.10. The number of nitrogen functional groups attached to an aromatic ring is 1. The highest BCUT2D eigenvalue weighted by Gasteiger charge is 2.22. The number of nitrogens with zero attached hydrogens (tertiary/aromatic N) is 2.